The maximum atomic E-state index is 10.6. The summed E-state index contributed by atoms with van der Waals surface area (Å²) in [4.78, 5) is 10.6. The van der Waals surface area contributed by atoms with Crippen LogP contribution in [0.2, 0.25) is 0 Å². The molecule has 0 amide bonds. The van der Waals surface area contributed by atoms with E-state index in [-0.39, 0.29) is 0 Å². The number of rotatable bonds is 4. The Morgan fingerprint density at radius 1 is 1.12 bits per heavy atom. The number of benzene rings is 1. The molecule has 4 nitrogen and oxygen atoms in total. The molecule has 0 saturated heterocycles. The van der Waals surface area contributed by atoms with Crippen LogP contribution in [-0.2, 0) is 0 Å². The van der Waals surface area contributed by atoms with E-state index in [0.29, 0.717) is 5.71 Å². The van der Waals surface area contributed by atoms with Crippen molar-refractivity contribution in [2.24, 2.45) is 15.4 Å². The van der Waals surface area contributed by atoms with Gasteiger partial charge in [0.05, 0.1) is 5.71 Å². The van der Waals surface area contributed by atoms with Crippen molar-refractivity contribution in [1.29, 1.82) is 0 Å². The molecule has 0 fully saturated rings. The summed E-state index contributed by atoms with van der Waals surface area (Å²) < 4.78 is 0. The predicted molar refractivity (Wildman–Crippen MR) is 67.0 cm³/mol. The molecular formula is C12H15N3O. The van der Waals surface area contributed by atoms with Crippen molar-refractivity contribution >= 4 is 11.4 Å². The molecule has 0 saturated carbocycles. The Hall–Kier alpha value is -1.84. The number of hydrogen-bond donors (Lipinski definition) is 0. The summed E-state index contributed by atoms with van der Waals surface area (Å²) >= 11 is 0. The van der Waals surface area contributed by atoms with Gasteiger partial charge in [-0.1, -0.05) is 35.5 Å². The quantitative estimate of drug-likeness (QED) is 0.434. The molecule has 1 rings (SSSR count). The van der Waals surface area contributed by atoms with Crippen molar-refractivity contribution in [3.63, 3.8) is 0 Å². The fourth-order valence-corrected chi connectivity index (χ4v) is 1.20. The second kappa shape index (κ2) is 5.90. The number of hydrogen-bond acceptors (Lipinski definition) is 4. The van der Waals surface area contributed by atoms with Gasteiger partial charge in [0.25, 0.3) is 0 Å². The molecule has 0 aliphatic carbocycles. The van der Waals surface area contributed by atoms with Crippen molar-refractivity contribution in [2.75, 3.05) is 0 Å². The Morgan fingerprint density at radius 3 is 2.25 bits per heavy atom. The Morgan fingerprint density at radius 2 is 1.75 bits per heavy atom. The molecule has 0 radical (unpaired) electrons. The van der Waals surface area contributed by atoms with E-state index in [2.05, 4.69) is 15.4 Å². The lowest BCUT2D eigenvalue weighted by Gasteiger charge is -2.06. The highest BCUT2D eigenvalue weighted by Crippen LogP contribution is 2.08. The summed E-state index contributed by atoms with van der Waals surface area (Å²) in [5.41, 5.74) is 2.31. The highest BCUT2D eigenvalue weighted by molar-refractivity contribution is 6.04. The second-order valence-electron chi connectivity index (χ2n) is 3.68. The molecule has 0 bridgehead atoms. The molecule has 0 N–H and O–H groups in total. The van der Waals surface area contributed by atoms with Gasteiger partial charge in [-0.05, 0) is 20.8 Å². The van der Waals surface area contributed by atoms with E-state index in [4.69, 9.17) is 0 Å². The summed E-state index contributed by atoms with van der Waals surface area (Å²) in [5, 5.41) is 11.0. The first-order chi connectivity index (χ1) is 7.65. The SMILES string of the molecule is CC(C)=NN=C(c1ccccc1)C(C)N=O. The number of nitroso groups, excluding NO2 is 1. The van der Waals surface area contributed by atoms with Crippen LogP contribution in [0.3, 0.4) is 0 Å². The van der Waals surface area contributed by atoms with Crippen molar-refractivity contribution < 1.29 is 0 Å². The average Bonchev–Trinajstić information content (AvgIpc) is 2.30. The third-order valence-electron chi connectivity index (χ3n) is 1.98. The fourth-order valence-electron chi connectivity index (χ4n) is 1.20. The van der Waals surface area contributed by atoms with Crippen LogP contribution in [0.1, 0.15) is 26.3 Å². The van der Waals surface area contributed by atoms with E-state index >= 15 is 0 Å². The Labute approximate surface area is 95.1 Å². The normalized spacial score (nSPS) is 13.1. The third kappa shape index (κ3) is 3.38. The highest BCUT2D eigenvalue weighted by Gasteiger charge is 2.12. The molecule has 0 aliphatic heterocycles. The van der Waals surface area contributed by atoms with Gasteiger partial charge in [-0.3, -0.25) is 0 Å². The molecule has 84 valence electrons. The van der Waals surface area contributed by atoms with Gasteiger partial charge in [-0.15, -0.1) is 0 Å². The second-order valence-corrected chi connectivity index (χ2v) is 3.68. The van der Waals surface area contributed by atoms with Crippen LogP contribution in [-0.4, -0.2) is 17.5 Å². The van der Waals surface area contributed by atoms with Crippen LogP contribution in [0.4, 0.5) is 0 Å². The molecule has 1 aromatic rings. The van der Waals surface area contributed by atoms with E-state index in [1.165, 1.54) is 0 Å². The zero-order valence-corrected chi connectivity index (χ0v) is 9.71. The van der Waals surface area contributed by atoms with Crippen LogP contribution in [0.15, 0.2) is 45.7 Å². The zero-order chi connectivity index (χ0) is 12.0. The van der Waals surface area contributed by atoms with Crippen LogP contribution in [0, 0.1) is 4.91 Å². The van der Waals surface area contributed by atoms with Crippen LogP contribution >= 0.6 is 0 Å². The lowest BCUT2D eigenvalue weighted by atomic mass is 10.1. The van der Waals surface area contributed by atoms with Gasteiger partial charge in [0.2, 0.25) is 0 Å². The van der Waals surface area contributed by atoms with Crippen LogP contribution < -0.4 is 0 Å². The minimum Gasteiger partial charge on any atom is -0.160 e. The lowest BCUT2D eigenvalue weighted by Crippen LogP contribution is -2.15. The Bertz CT molecular complexity index is 406. The minimum absolute atomic E-state index is 0.495. The molecular weight excluding hydrogens is 202 g/mol. The topological polar surface area (TPSA) is 54.1 Å². The smallest absolute Gasteiger partial charge is 0.133 e. The van der Waals surface area contributed by atoms with Gasteiger partial charge < -0.3 is 0 Å². The van der Waals surface area contributed by atoms with Gasteiger partial charge in [-0.2, -0.15) is 15.1 Å². The van der Waals surface area contributed by atoms with E-state index in [1.54, 1.807) is 6.92 Å². The average molecular weight is 217 g/mol. The van der Waals surface area contributed by atoms with Gasteiger partial charge in [0.15, 0.2) is 0 Å². The first kappa shape index (κ1) is 12.2. The van der Waals surface area contributed by atoms with Gasteiger partial charge >= 0.3 is 0 Å². The lowest BCUT2D eigenvalue weighted by molar-refractivity contribution is 0.949. The van der Waals surface area contributed by atoms with E-state index in [1.807, 2.05) is 44.2 Å². The molecule has 0 spiro atoms. The standard InChI is InChI=1S/C12H15N3O/c1-9(2)13-14-12(10(3)15-16)11-7-5-4-6-8-11/h4-8,10H,1-3H3. The first-order valence-electron chi connectivity index (χ1n) is 5.11. The Balaban J connectivity index is 3.11. The predicted octanol–water partition coefficient (Wildman–Crippen LogP) is 3.03. The van der Waals surface area contributed by atoms with Crippen LogP contribution in [0.25, 0.3) is 0 Å². The van der Waals surface area contributed by atoms with E-state index in [9.17, 15) is 4.91 Å². The summed E-state index contributed by atoms with van der Waals surface area (Å²) in [6, 6.07) is 8.98. The summed E-state index contributed by atoms with van der Waals surface area (Å²) in [6.45, 7) is 5.41. The zero-order valence-electron chi connectivity index (χ0n) is 9.71. The molecule has 1 atom stereocenters. The van der Waals surface area contributed by atoms with E-state index < -0.39 is 6.04 Å². The maximum Gasteiger partial charge on any atom is 0.133 e. The Kier molecular flexibility index (Phi) is 4.51. The fraction of sp³-hybridized carbons (Fsp3) is 0.333. The molecule has 1 aromatic carbocycles. The highest BCUT2D eigenvalue weighted by atomic mass is 16.3. The van der Waals surface area contributed by atoms with Crippen molar-refractivity contribution in [1.82, 2.24) is 0 Å². The van der Waals surface area contributed by atoms with Crippen molar-refractivity contribution in [2.45, 2.75) is 26.8 Å². The van der Waals surface area contributed by atoms with E-state index in [0.717, 1.165) is 11.3 Å². The van der Waals surface area contributed by atoms with Gasteiger partial charge in [0.1, 0.15) is 6.04 Å². The minimum atomic E-state index is -0.495. The summed E-state index contributed by atoms with van der Waals surface area (Å²) in [7, 11) is 0. The molecule has 0 heterocycles. The molecule has 1 unspecified atom stereocenters. The van der Waals surface area contributed by atoms with Gasteiger partial charge in [0, 0.05) is 11.3 Å². The van der Waals surface area contributed by atoms with Crippen molar-refractivity contribution in [3.8, 4) is 0 Å². The number of nitrogens with zero attached hydrogens (tertiary/aromatic N) is 3. The maximum absolute atomic E-state index is 10.6. The molecule has 4 heteroatoms. The molecule has 0 aromatic heterocycles. The largest absolute Gasteiger partial charge is 0.160 e. The summed E-state index contributed by atoms with van der Waals surface area (Å²) in [6.07, 6.45) is 0. The van der Waals surface area contributed by atoms with Crippen LogP contribution in [0.5, 0.6) is 0 Å². The molecule has 16 heavy (non-hydrogen) atoms. The van der Waals surface area contributed by atoms with Crippen molar-refractivity contribution in [3.05, 3.63) is 40.8 Å². The monoisotopic (exact) mass is 217 g/mol. The first-order valence-corrected chi connectivity index (χ1v) is 5.11. The summed E-state index contributed by atoms with van der Waals surface area (Å²) in [5.74, 6) is 0. The third-order valence-corrected chi connectivity index (χ3v) is 1.98. The van der Waals surface area contributed by atoms with Gasteiger partial charge in [-0.25, -0.2) is 0 Å². The molecule has 0 aliphatic rings.